The van der Waals surface area contributed by atoms with Crippen LogP contribution in [0.1, 0.15) is 277 Å². The highest BCUT2D eigenvalue weighted by molar-refractivity contribution is 5.69. The molecule has 0 radical (unpaired) electrons. The van der Waals surface area contributed by atoms with E-state index in [-0.39, 0.29) is 25.6 Å². The number of unbranched alkanes of at least 4 members (excludes halogenated alkanes) is 37. The summed E-state index contributed by atoms with van der Waals surface area (Å²) in [6.07, 6.45) is 40.0. The number of aliphatic hydroxyl groups is 7. The van der Waals surface area contributed by atoms with E-state index in [4.69, 9.17) is 28.4 Å². The Morgan fingerprint density at radius 3 is 1.20 bits per heavy atom. The molecule has 2 fully saturated rings. The van der Waals surface area contributed by atoms with E-state index in [1.54, 1.807) is 0 Å². The predicted octanol–water partition coefficient (Wildman–Crippen LogP) is 12.1. The van der Waals surface area contributed by atoms with Crippen molar-refractivity contribution in [1.29, 1.82) is 0 Å². The van der Waals surface area contributed by atoms with Crippen molar-refractivity contribution in [2.45, 2.75) is 345 Å². The van der Waals surface area contributed by atoms with Crippen LogP contribution in [0.25, 0.3) is 0 Å². The Morgan fingerprint density at radius 1 is 0.421 bits per heavy atom. The number of hydrogen-bond acceptors (Lipinski definition) is 14. The van der Waals surface area contributed by atoms with Crippen LogP contribution in [-0.2, 0) is 33.2 Å². The smallest absolute Gasteiger partial charge is 0.306 e. The number of aliphatic hydroxyl groups excluding tert-OH is 7. The molecule has 2 saturated heterocycles. The van der Waals surface area contributed by atoms with Gasteiger partial charge in [-0.05, 0) is 38.5 Å². The Kier molecular flexibility index (Phi) is 46.2. The van der Waals surface area contributed by atoms with E-state index < -0.39 is 80.7 Å². The lowest BCUT2D eigenvalue weighted by molar-refractivity contribution is -0.332. The van der Waals surface area contributed by atoms with Crippen LogP contribution in [-0.4, -0.2) is 142 Å². The molecule has 2 heterocycles. The third kappa shape index (κ3) is 35.5. The Labute approximate surface area is 463 Å². The largest absolute Gasteiger partial charge is 0.457 e. The summed E-state index contributed by atoms with van der Waals surface area (Å²) < 4.78 is 34.5. The second-order valence-electron chi connectivity index (χ2n) is 22.6. The van der Waals surface area contributed by atoms with Gasteiger partial charge in [-0.25, -0.2) is 0 Å². The van der Waals surface area contributed by atoms with Crippen molar-refractivity contribution in [2.75, 3.05) is 33.0 Å². The van der Waals surface area contributed by atoms with Crippen molar-refractivity contribution in [2.24, 2.45) is 0 Å². The number of hydrogen-bond donors (Lipinski definition) is 7. The molecule has 11 atom stereocenters. The maximum absolute atomic E-state index is 13.1. The van der Waals surface area contributed by atoms with Gasteiger partial charge in [-0.15, -0.1) is 0 Å². The fourth-order valence-electron chi connectivity index (χ4n) is 10.4. The number of allylic oxidation sites excluding steroid dienone is 2. The zero-order valence-electron chi connectivity index (χ0n) is 48.5. The van der Waals surface area contributed by atoms with Crippen LogP contribution < -0.4 is 0 Å². The van der Waals surface area contributed by atoms with Gasteiger partial charge in [-0.2, -0.15) is 0 Å². The lowest BCUT2D eigenvalue weighted by Crippen LogP contribution is -2.61. The van der Waals surface area contributed by atoms with Crippen LogP contribution >= 0.6 is 0 Å². The van der Waals surface area contributed by atoms with Crippen molar-refractivity contribution in [3.05, 3.63) is 12.2 Å². The maximum Gasteiger partial charge on any atom is 0.306 e. The van der Waals surface area contributed by atoms with Gasteiger partial charge in [0.1, 0.15) is 54.9 Å². The third-order valence-electron chi connectivity index (χ3n) is 15.5. The van der Waals surface area contributed by atoms with Gasteiger partial charge in [0.15, 0.2) is 12.6 Å². The molecule has 0 bridgehead atoms. The number of ether oxygens (including phenoxy) is 6. The third-order valence-corrected chi connectivity index (χ3v) is 15.5. The van der Waals surface area contributed by atoms with Crippen molar-refractivity contribution in [1.82, 2.24) is 0 Å². The second kappa shape index (κ2) is 49.5. The number of carbonyl (C=O) groups excluding carboxylic acids is 1. The normalized spacial score (nSPS) is 24.4. The molecule has 76 heavy (non-hydrogen) atoms. The SMILES string of the molecule is CCCCCCCCC/C=C\CCCCCCCC(=O)OC(COCCCCCCCCCCCCCCCCCCCCCCCCCCCC)COC1OC(COC2OC(CO)C(O)C(O)C2O)C(O)C(O)C1O. The highest BCUT2D eigenvalue weighted by atomic mass is 16.7. The minimum absolute atomic E-state index is 0.0648. The van der Waals surface area contributed by atoms with Crippen LogP contribution in [0.4, 0.5) is 0 Å². The van der Waals surface area contributed by atoms with Crippen molar-refractivity contribution in [3.8, 4) is 0 Å². The molecule has 11 unspecified atom stereocenters. The minimum Gasteiger partial charge on any atom is -0.457 e. The topological polar surface area (TPSA) is 214 Å². The molecule has 0 aliphatic carbocycles. The van der Waals surface area contributed by atoms with E-state index in [0.717, 1.165) is 57.8 Å². The number of rotatable bonds is 53. The zero-order chi connectivity index (χ0) is 55.1. The molecule has 14 nitrogen and oxygen atoms in total. The van der Waals surface area contributed by atoms with Gasteiger partial charge in [0, 0.05) is 13.0 Å². The molecule has 14 heteroatoms. The molecule has 7 N–H and O–H groups in total. The summed E-state index contributed by atoms with van der Waals surface area (Å²) >= 11 is 0. The van der Waals surface area contributed by atoms with Crippen molar-refractivity contribution >= 4 is 5.97 Å². The standard InChI is InChI=1S/C62H118O14/c1-3-5-7-9-11-13-15-17-19-21-22-23-24-25-26-27-28-29-30-32-34-36-38-40-42-44-46-71-48-51(74-54(64)45-43-41-39-37-35-33-31-20-18-16-14-12-10-8-6-4-2)49-72-61-60(70)58(68)56(66)53(76-61)50-73-62-59(69)57(67)55(65)52(47-63)75-62/h20,31,51-53,55-63,65-70H,3-19,21-30,32-50H2,1-2H3/b31-20-. The number of esters is 1. The highest BCUT2D eigenvalue weighted by Crippen LogP contribution is 2.27. The van der Waals surface area contributed by atoms with Gasteiger partial charge < -0.3 is 64.2 Å². The van der Waals surface area contributed by atoms with E-state index in [2.05, 4.69) is 26.0 Å². The first-order chi connectivity index (χ1) is 37.1. The van der Waals surface area contributed by atoms with Gasteiger partial charge in [0.25, 0.3) is 0 Å². The summed E-state index contributed by atoms with van der Waals surface area (Å²) in [6, 6.07) is 0. The number of carbonyl (C=O) groups is 1. The summed E-state index contributed by atoms with van der Waals surface area (Å²) in [4.78, 5) is 13.1. The molecular weight excluding hydrogens is 969 g/mol. The average Bonchev–Trinajstić information content (AvgIpc) is 3.42. The molecule has 2 aliphatic heterocycles. The van der Waals surface area contributed by atoms with Gasteiger partial charge >= 0.3 is 5.97 Å². The van der Waals surface area contributed by atoms with Gasteiger partial charge in [0.05, 0.1) is 26.4 Å². The van der Waals surface area contributed by atoms with E-state index in [0.29, 0.717) is 13.0 Å². The molecule has 0 spiro atoms. The van der Waals surface area contributed by atoms with Gasteiger partial charge in [0.2, 0.25) is 0 Å². The first-order valence-electron chi connectivity index (χ1n) is 31.8. The summed E-state index contributed by atoms with van der Waals surface area (Å²) in [6.45, 7) is 3.74. The van der Waals surface area contributed by atoms with Crippen LogP contribution in [0.3, 0.4) is 0 Å². The predicted molar refractivity (Wildman–Crippen MR) is 303 cm³/mol. The van der Waals surface area contributed by atoms with Crippen molar-refractivity contribution in [3.63, 3.8) is 0 Å². The monoisotopic (exact) mass is 1090 g/mol. The average molecular weight is 1090 g/mol. The Balaban J connectivity index is 1.65. The molecule has 0 amide bonds. The molecule has 0 aromatic heterocycles. The highest BCUT2D eigenvalue weighted by Gasteiger charge is 2.47. The van der Waals surface area contributed by atoms with Crippen LogP contribution in [0.2, 0.25) is 0 Å². The molecule has 450 valence electrons. The second-order valence-corrected chi connectivity index (χ2v) is 22.6. The minimum atomic E-state index is -1.70. The quantitative estimate of drug-likeness (QED) is 0.0172. The molecular formula is C62H118O14. The van der Waals surface area contributed by atoms with E-state index in [1.807, 2.05) is 0 Å². The summed E-state index contributed by atoms with van der Waals surface area (Å²) in [5.41, 5.74) is 0. The molecule has 2 aliphatic rings. The lowest BCUT2D eigenvalue weighted by atomic mass is 9.98. The Bertz CT molecular complexity index is 1310. The first kappa shape index (κ1) is 70.8. The molecule has 0 aromatic carbocycles. The van der Waals surface area contributed by atoms with Gasteiger partial charge in [-0.1, -0.05) is 244 Å². The fraction of sp³-hybridized carbons (Fsp3) is 0.952. The fourth-order valence-corrected chi connectivity index (χ4v) is 10.4. The van der Waals surface area contributed by atoms with Crippen LogP contribution in [0.15, 0.2) is 12.2 Å². The zero-order valence-corrected chi connectivity index (χ0v) is 48.5. The van der Waals surface area contributed by atoms with Crippen LogP contribution in [0, 0.1) is 0 Å². The Hall–Kier alpha value is -1.27. The molecule has 0 aromatic rings. The Morgan fingerprint density at radius 2 is 0.776 bits per heavy atom. The summed E-state index contributed by atoms with van der Waals surface area (Å²) in [5.74, 6) is -0.378. The van der Waals surface area contributed by atoms with Crippen molar-refractivity contribution < 1.29 is 69.0 Å². The van der Waals surface area contributed by atoms with Gasteiger partial charge in [-0.3, -0.25) is 4.79 Å². The molecule has 0 saturated carbocycles. The van der Waals surface area contributed by atoms with E-state index in [1.165, 1.54) is 193 Å². The molecule has 2 rings (SSSR count). The van der Waals surface area contributed by atoms with Crippen LogP contribution in [0.5, 0.6) is 0 Å². The maximum atomic E-state index is 13.1. The van der Waals surface area contributed by atoms with E-state index >= 15 is 0 Å². The first-order valence-corrected chi connectivity index (χ1v) is 31.8. The lowest BCUT2D eigenvalue weighted by Gasteiger charge is -2.42. The summed E-state index contributed by atoms with van der Waals surface area (Å²) in [5, 5.41) is 72.4. The van der Waals surface area contributed by atoms with E-state index in [9.17, 15) is 40.5 Å². The summed E-state index contributed by atoms with van der Waals surface area (Å²) in [7, 11) is 0.